The highest BCUT2D eigenvalue weighted by Gasteiger charge is 2.29. The van der Waals surface area contributed by atoms with Crippen LogP contribution in [0.15, 0.2) is 24.3 Å². The molecule has 1 saturated heterocycles. The molecule has 6 heteroatoms. The SMILES string of the molecule is CC(O)c1ccc(NS(=O)(=O)N2CCCCC2C)cc1. The maximum atomic E-state index is 12.3. The van der Waals surface area contributed by atoms with E-state index in [0.29, 0.717) is 12.2 Å². The molecule has 0 saturated carbocycles. The van der Waals surface area contributed by atoms with Crippen LogP contribution in [0.3, 0.4) is 0 Å². The summed E-state index contributed by atoms with van der Waals surface area (Å²) in [6, 6.07) is 6.84. The highest BCUT2D eigenvalue weighted by molar-refractivity contribution is 7.90. The van der Waals surface area contributed by atoms with Crippen LogP contribution in [0.5, 0.6) is 0 Å². The minimum atomic E-state index is -3.50. The van der Waals surface area contributed by atoms with Gasteiger partial charge in [0, 0.05) is 18.3 Å². The lowest BCUT2D eigenvalue weighted by molar-refractivity contribution is 0.199. The van der Waals surface area contributed by atoms with E-state index < -0.39 is 16.3 Å². The Morgan fingerprint density at radius 2 is 1.95 bits per heavy atom. The molecule has 1 aliphatic rings. The summed E-state index contributed by atoms with van der Waals surface area (Å²) in [5, 5.41) is 9.44. The molecule has 1 heterocycles. The fourth-order valence-electron chi connectivity index (χ4n) is 2.47. The Labute approximate surface area is 120 Å². The maximum absolute atomic E-state index is 12.3. The number of nitrogens with zero attached hydrogens (tertiary/aromatic N) is 1. The van der Waals surface area contributed by atoms with Gasteiger partial charge in [0.25, 0.3) is 0 Å². The van der Waals surface area contributed by atoms with Crippen LogP contribution in [0.2, 0.25) is 0 Å². The monoisotopic (exact) mass is 298 g/mol. The summed E-state index contributed by atoms with van der Waals surface area (Å²) < 4.78 is 28.8. The molecular formula is C14H22N2O3S. The molecule has 2 rings (SSSR count). The highest BCUT2D eigenvalue weighted by atomic mass is 32.2. The van der Waals surface area contributed by atoms with Crippen molar-refractivity contribution in [3.63, 3.8) is 0 Å². The van der Waals surface area contributed by atoms with Crippen molar-refractivity contribution in [2.45, 2.75) is 45.3 Å². The normalized spacial score (nSPS) is 22.4. The Hall–Kier alpha value is -1.11. The smallest absolute Gasteiger partial charge is 0.301 e. The van der Waals surface area contributed by atoms with E-state index in [9.17, 15) is 13.5 Å². The lowest BCUT2D eigenvalue weighted by atomic mass is 10.1. The van der Waals surface area contributed by atoms with Crippen molar-refractivity contribution in [3.05, 3.63) is 29.8 Å². The van der Waals surface area contributed by atoms with Gasteiger partial charge >= 0.3 is 10.2 Å². The number of hydrogen-bond donors (Lipinski definition) is 2. The molecule has 2 atom stereocenters. The van der Waals surface area contributed by atoms with Crippen molar-refractivity contribution in [1.29, 1.82) is 0 Å². The van der Waals surface area contributed by atoms with Gasteiger partial charge in [-0.05, 0) is 44.4 Å². The predicted octanol–water partition coefficient (Wildman–Crippen LogP) is 2.27. The molecule has 0 radical (unpaired) electrons. The molecule has 5 nitrogen and oxygen atoms in total. The van der Waals surface area contributed by atoms with Crippen LogP contribution in [0.1, 0.15) is 44.8 Å². The third-order valence-corrected chi connectivity index (χ3v) is 5.34. The van der Waals surface area contributed by atoms with E-state index in [1.807, 2.05) is 6.92 Å². The minimum Gasteiger partial charge on any atom is -0.389 e. The van der Waals surface area contributed by atoms with Crippen LogP contribution in [0, 0.1) is 0 Å². The molecule has 1 fully saturated rings. The van der Waals surface area contributed by atoms with Gasteiger partial charge < -0.3 is 5.11 Å². The number of hydrogen-bond acceptors (Lipinski definition) is 3. The molecule has 0 bridgehead atoms. The first-order valence-electron chi connectivity index (χ1n) is 6.98. The van der Waals surface area contributed by atoms with E-state index in [0.717, 1.165) is 24.8 Å². The largest absolute Gasteiger partial charge is 0.389 e. The summed E-state index contributed by atoms with van der Waals surface area (Å²) in [4.78, 5) is 0. The second kappa shape index (κ2) is 6.11. The van der Waals surface area contributed by atoms with Gasteiger partial charge in [-0.2, -0.15) is 12.7 Å². The Balaban J connectivity index is 2.11. The van der Waals surface area contributed by atoms with Gasteiger partial charge in [-0.15, -0.1) is 0 Å². The molecule has 0 aromatic heterocycles. The van der Waals surface area contributed by atoms with Crippen molar-refractivity contribution < 1.29 is 13.5 Å². The molecule has 0 spiro atoms. The van der Waals surface area contributed by atoms with Gasteiger partial charge in [0.05, 0.1) is 6.10 Å². The quantitative estimate of drug-likeness (QED) is 0.896. The third kappa shape index (κ3) is 3.50. The maximum Gasteiger partial charge on any atom is 0.301 e. The third-order valence-electron chi connectivity index (χ3n) is 3.69. The standard InChI is InChI=1S/C14H22N2O3S/c1-11-5-3-4-10-16(11)20(18,19)15-14-8-6-13(7-9-14)12(2)17/h6-9,11-12,15,17H,3-5,10H2,1-2H3. The summed E-state index contributed by atoms with van der Waals surface area (Å²) in [6.07, 6.45) is 2.34. The van der Waals surface area contributed by atoms with Crippen molar-refractivity contribution in [2.75, 3.05) is 11.3 Å². The van der Waals surface area contributed by atoms with Gasteiger partial charge in [0.1, 0.15) is 0 Å². The van der Waals surface area contributed by atoms with Gasteiger partial charge in [-0.3, -0.25) is 4.72 Å². The summed E-state index contributed by atoms with van der Waals surface area (Å²) in [7, 11) is -3.50. The van der Waals surface area contributed by atoms with Crippen molar-refractivity contribution in [1.82, 2.24) is 4.31 Å². The number of piperidine rings is 1. The van der Waals surface area contributed by atoms with Crippen molar-refractivity contribution in [3.8, 4) is 0 Å². The molecule has 0 amide bonds. The first-order valence-corrected chi connectivity index (χ1v) is 8.42. The van der Waals surface area contributed by atoms with Crippen LogP contribution in [-0.2, 0) is 10.2 Å². The van der Waals surface area contributed by atoms with E-state index in [1.54, 1.807) is 31.2 Å². The van der Waals surface area contributed by atoms with Gasteiger partial charge in [0.2, 0.25) is 0 Å². The zero-order chi connectivity index (χ0) is 14.8. The molecule has 2 unspecified atom stereocenters. The Bertz CT molecular complexity index is 540. The van der Waals surface area contributed by atoms with Crippen LogP contribution in [-0.4, -0.2) is 30.4 Å². The molecular weight excluding hydrogens is 276 g/mol. The summed E-state index contributed by atoms with van der Waals surface area (Å²) >= 11 is 0. The lowest BCUT2D eigenvalue weighted by Gasteiger charge is -2.32. The fourth-order valence-corrected chi connectivity index (χ4v) is 3.97. The topological polar surface area (TPSA) is 69.6 Å². The number of aliphatic hydroxyl groups excluding tert-OH is 1. The molecule has 20 heavy (non-hydrogen) atoms. The molecule has 1 aromatic rings. The summed E-state index contributed by atoms with van der Waals surface area (Å²) in [5.74, 6) is 0. The number of nitrogens with one attached hydrogen (secondary N) is 1. The summed E-state index contributed by atoms with van der Waals surface area (Å²) in [5.41, 5.74) is 1.28. The number of rotatable bonds is 4. The lowest BCUT2D eigenvalue weighted by Crippen LogP contribution is -2.44. The first-order chi connectivity index (χ1) is 9.40. The van der Waals surface area contributed by atoms with Crippen LogP contribution in [0.25, 0.3) is 0 Å². The average Bonchev–Trinajstić information content (AvgIpc) is 2.39. The number of anilines is 1. The van der Waals surface area contributed by atoms with E-state index in [-0.39, 0.29) is 6.04 Å². The van der Waals surface area contributed by atoms with Crippen LogP contribution >= 0.6 is 0 Å². The minimum absolute atomic E-state index is 0.0398. The highest BCUT2D eigenvalue weighted by Crippen LogP contribution is 2.22. The second-order valence-electron chi connectivity index (χ2n) is 5.36. The molecule has 0 aliphatic carbocycles. The zero-order valence-electron chi connectivity index (χ0n) is 11.9. The number of aliphatic hydroxyl groups is 1. The molecule has 1 aliphatic heterocycles. The predicted molar refractivity (Wildman–Crippen MR) is 79.6 cm³/mol. The number of benzene rings is 1. The summed E-state index contributed by atoms with van der Waals surface area (Å²) in [6.45, 7) is 4.19. The first kappa shape index (κ1) is 15.3. The van der Waals surface area contributed by atoms with Crippen LogP contribution in [0.4, 0.5) is 5.69 Å². The molecule has 1 aromatic carbocycles. The van der Waals surface area contributed by atoms with E-state index in [1.165, 1.54) is 4.31 Å². The van der Waals surface area contributed by atoms with E-state index >= 15 is 0 Å². The van der Waals surface area contributed by atoms with E-state index in [4.69, 9.17) is 0 Å². The fraction of sp³-hybridized carbons (Fsp3) is 0.571. The molecule has 112 valence electrons. The average molecular weight is 298 g/mol. The van der Waals surface area contributed by atoms with Gasteiger partial charge in [-0.1, -0.05) is 18.6 Å². The van der Waals surface area contributed by atoms with Crippen molar-refractivity contribution >= 4 is 15.9 Å². The Morgan fingerprint density at radius 3 is 2.50 bits per heavy atom. The Morgan fingerprint density at radius 1 is 1.30 bits per heavy atom. The van der Waals surface area contributed by atoms with Gasteiger partial charge in [-0.25, -0.2) is 0 Å². The van der Waals surface area contributed by atoms with Crippen LogP contribution < -0.4 is 4.72 Å². The zero-order valence-corrected chi connectivity index (χ0v) is 12.7. The van der Waals surface area contributed by atoms with E-state index in [2.05, 4.69) is 4.72 Å². The second-order valence-corrected chi connectivity index (χ2v) is 6.98. The molecule has 2 N–H and O–H groups in total. The van der Waals surface area contributed by atoms with Crippen molar-refractivity contribution in [2.24, 2.45) is 0 Å². The Kier molecular flexibility index (Phi) is 4.67. The van der Waals surface area contributed by atoms with Gasteiger partial charge in [0.15, 0.2) is 0 Å².